The molecule has 2 saturated heterocycles. The van der Waals surface area contributed by atoms with E-state index in [1.165, 1.54) is 19.4 Å². The first-order chi connectivity index (χ1) is 10.3. The van der Waals surface area contributed by atoms with Gasteiger partial charge in [-0.25, -0.2) is 4.98 Å². The zero-order valence-electron chi connectivity index (χ0n) is 12.8. The van der Waals surface area contributed by atoms with E-state index in [0.29, 0.717) is 12.1 Å². The van der Waals surface area contributed by atoms with Crippen molar-refractivity contribution >= 4 is 11.5 Å². The van der Waals surface area contributed by atoms with Gasteiger partial charge < -0.3 is 15.4 Å². The fraction of sp³-hybridized carbons (Fsp3) is 0.688. The maximum absolute atomic E-state index is 5.97. The number of aromatic nitrogens is 1. The SMILES string of the molecule is CCCNc1cc(NCC2CN3CCCC3CO2)ccn1. The third kappa shape index (κ3) is 3.86. The lowest BCUT2D eigenvalue weighted by molar-refractivity contribution is -0.0415. The van der Waals surface area contributed by atoms with Gasteiger partial charge in [-0.1, -0.05) is 6.92 Å². The molecule has 0 amide bonds. The Morgan fingerprint density at radius 2 is 2.38 bits per heavy atom. The number of ether oxygens (including phenoxy) is 1. The Bertz CT molecular complexity index is 454. The van der Waals surface area contributed by atoms with E-state index in [0.717, 1.165) is 44.2 Å². The molecule has 0 spiro atoms. The van der Waals surface area contributed by atoms with Crippen LogP contribution < -0.4 is 10.6 Å². The molecule has 2 fully saturated rings. The third-order valence-corrected chi connectivity index (χ3v) is 4.31. The minimum Gasteiger partial charge on any atom is -0.382 e. The molecule has 2 unspecified atom stereocenters. The van der Waals surface area contributed by atoms with Crippen LogP contribution in [-0.4, -0.2) is 54.8 Å². The second kappa shape index (κ2) is 7.09. The van der Waals surface area contributed by atoms with E-state index < -0.39 is 0 Å². The number of nitrogens with one attached hydrogen (secondary N) is 2. The quantitative estimate of drug-likeness (QED) is 0.841. The average molecular weight is 290 g/mol. The lowest BCUT2D eigenvalue weighted by atomic mass is 10.2. The standard InChI is InChI=1S/C16H26N4O/c1-2-6-17-16-9-13(5-7-18-16)19-10-15-11-20-8-3-4-14(20)12-21-15/h5,7,9,14-15H,2-4,6,8,10-12H2,1H3,(H2,17,18,19). The van der Waals surface area contributed by atoms with Gasteiger partial charge in [0.2, 0.25) is 0 Å². The molecule has 21 heavy (non-hydrogen) atoms. The maximum atomic E-state index is 5.97. The summed E-state index contributed by atoms with van der Waals surface area (Å²) in [5.74, 6) is 0.936. The summed E-state index contributed by atoms with van der Waals surface area (Å²) in [5, 5.41) is 6.79. The summed E-state index contributed by atoms with van der Waals surface area (Å²) < 4.78 is 5.97. The highest BCUT2D eigenvalue weighted by Crippen LogP contribution is 2.23. The second-order valence-electron chi connectivity index (χ2n) is 5.98. The molecule has 2 atom stereocenters. The summed E-state index contributed by atoms with van der Waals surface area (Å²) in [6, 6.07) is 4.75. The molecule has 116 valence electrons. The fourth-order valence-electron chi connectivity index (χ4n) is 3.13. The van der Waals surface area contributed by atoms with Crippen LogP contribution >= 0.6 is 0 Å². The maximum Gasteiger partial charge on any atom is 0.127 e. The van der Waals surface area contributed by atoms with Gasteiger partial charge in [0.25, 0.3) is 0 Å². The highest BCUT2D eigenvalue weighted by molar-refractivity contribution is 5.51. The zero-order chi connectivity index (χ0) is 14.5. The Balaban J connectivity index is 1.48. The van der Waals surface area contributed by atoms with Crippen molar-refractivity contribution in [2.45, 2.75) is 38.3 Å². The molecule has 0 saturated carbocycles. The minimum atomic E-state index is 0.291. The van der Waals surface area contributed by atoms with E-state index in [4.69, 9.17) is 4.74 Å². The number of hydrogen-bond donors (Lipinski definition) is 2. The molecule has 2 aliphatic heterocycles. The van der Waals surface area contributed by atoms with Crippen LogP contribution in [0, 0.1) is 0 Å². The van der Waals surface area contributed by atoms with E-state index in [9.17, 15) is 0 Å². The molecule has 5 nitrogen and oxygen atoms in total. The molecular weight excluding hydrogens is 264 g/mol. The van der Waals surface area contributed by atoms with Gasteiger partial charge in [0.05, 0.1) is 12.7 Å². The van der Waals surface area contributed by atoms with Gasteiger partial charge in [-0.05, 0) is 31.9 Å². The van der Waals surface area contributed by atoms with Gasteiger partial charge in [-0.2, -0.15) is 0 Å². The van der Waals surface area contributed by atoms with Crippen LogP contribution in [0.1, 0.15) is 26.2 Å². The molecular formula is C16H26N4O. The Morgan fingerprint density at radius 1 is 1.43 bits per heavy atom. The molecule has 1 aromatic rings. The summed E-state index contributed by atoms with van der Waals surface area (Å²) in [6.07, 6.45) is 5.87. The molecule has 0 aliphatic carbocycles. The van der Waals surface area contributed by atoms with E-state index >= 15 is 0 Å². The Morgan fingerprint density at radius 3 is 3.29 bits per heavy atom. The molecule has 2 N–H and O–H groups in total. The second-order valence-corrected chi connectivity index (χ2v) is 5.98. The first-order valence-corrected chi connectivity index (χ1v) is 8.14. The Labute approximate surface area is 127 Å². The first-order valence-electron chi connectivity index (χ1n) is 8.14. The van der Waals surface area contributed by atoms with Crippen LogP contribution in [0.2, 0.25) is 0 Å². The topological polar surface area (TPSA) is 49.4 Å². The van der Waals surface area contributed by atoms with Crippen LogP contribution in [0.25, 0.3) is 0 Å². The van der Waals surface area contributed by atoms with Gasteiger partial charge in [0.1, 0.15) is 5.82 Å². The molecule has 0 bridgehead atoms. The van der Waals surface area contributed by atoms with Crippen molar-refractivity contribution in [3.8, 4) is 0 Å². The zero-order valence-corrected chi connectivity index (χ0v) is 12.8. The number of pyridine rings is 1. The van der Waals surface area contributed by atoms with Gasteiger partial charge >= 0.3 is 0 Å². The molecule has 3 rings (SSSR count). The summed E-state index contributed by atoms with van der Waals surface area (Å²) >= 11 is 0. The molecule has 0 aromatic carbocycles. The van der Waals surface area contributed by atoms with Gasteiger partial charge in [0.15, 0.2) is 0 Å². The predicted octanol–water partition coefficient (Wildman–Crippen LogP) is 2.18. The van der Waals surface area contributed by atoms with Crippen molar-refractivity contribution in [1.82, 2.24) is 9.88 Å². The summed E-state index contributed by atoms with van der Waals surface area (Å²) in [4.78, 5) is 6.90. The number of hydrogen-bond acceptors (Lipinski definition) is 5. The van der Waals surface area contributed by atoms with Crippen molar-refractivity contribution in [3.05, 3.63) is 18.3 Å². The summed E-state index contributed by atoms with van der Waals surface area (Å²) in [7, 11) is 0. The van der Waals surface area contributed by atoms with Crippen molar-refractivity contribution in [2.75, 3.05) is 43.4 Å². The van der Waals surface area contributed by atoms with E-state index in [2.05, 4.69) is 33.5 Å². The van der Waals surface area contributed by atoms with Gasteiger partial charge in [0, 0.05) is 43.6 Å². The van der Waals surface area contributed by atoms with Crippen LogP contribution in [0.4, 0.5) is 11.5 Å². The number of anilines is 2. The highest BCUT2D eigenvalue weighted by Gasteiger charge is 2.31. The average Bonchev–Trinajstić information content (AvgIpc) is 2.99. The normalized spacial score (nSPS) is 25.6. The largest absolute Gasteiger partial charge is 0.382 e. The van der Waals surface area contributed by atoms with Crippen LogP contribution in [-0.2, 0) is 4.74 Å². The predicted molar refractivity (Wildman–Crippen MR) is 85.8 cm³/mol. The monoisotopic (exact) mass is 290 g/mol. The number of rotatable bonds is 6. The van der Waals surface area contributed by atoms with Crippen LogP contribution in [0.15, 0.2) is 18.3 Å². The smallest absolute Gasteiger partial charge is 0.127 e. The molecule has 0 radical (unpaired) electrons. The minimum absolute atomic E-state index is 0.291. The first kappa shape index (κ1) is 14.6. The highest BCUT2D eigenvalue weighted by atomic mass is 16.5. The Kier molecular flexibility index (Phi) is 4.93. The van der Waals surface area contributed by atoms with Crippen molar-refractivity contribution in [3.63, 3.8) is 0 Å². The fourth-order valence-corrected chi connectivity index (χ4v) is 3.13. The lowest BCUT2D eigenvalue weighted by Gasteiger charge is -2.35. The third-order valence-electron chi connectivity index (χ3n) is 4.31. The summed E-state index contributed by atoms with van der Waals surface area (Å²) in [6.45, 7) is 7.17. The van der Waals surface area contributed by atoms with Crippen LogP contribution in [0.5, 0.6) is 0 Å². The van der Waals surface area contributed by atoms with Crippen molar-refractivity contribution in [1.29, 1.82) is 0 Å². The Hall–Kier alpha value is -1.33. The van der Waals surface area contributed by atoms with E-state index in [-0.39, 0.29) is 0 Å². The van der Waals surface area contributed by atoms with E-state index in [1.807, 2.05) is 12.3 Å². The number of morpholine rings is 1. The van der Waals surface area contributed by atoms with Crippen molar-refractivity contribution < 1.29 is 4.74 Å². The van der Waals surface area contributed by atoms with E-state index in [1.54, 1.807) is 0 Å². The molecule has 2 aliphatic rings. The lowest BCUT2D eigenvalue weighted by Crippen LogP contribution is -2.48. The number of fused-ring (bicyclic) bond motifs is 1. The van der Waals surface area contributed by atoms with Gasteiger partial charge in [-0.3, -0.25) is 4.90 Å². The van der Waals surface area contributed by atoms with Gasteiger partial charge in [-0.15, -0.1) is 0 Å². The molecule has 5 heteroatoms. The molecule has 3 heterocycles. The number of nitrogens with zero attached hydrogens (tertiary/aromatic N) is 2. The molecule has 1 aromatic heterocycles. The van der Waals surface area contributed by atoms with Crippen LogP contribution in [0.3, 0.4) is 0 Å². The van der Waals surface area contributed by atoms with Crippen molar-refractivity contribution in [2.24, 2.45) is 0 Å². The summed E-state index contributed by atoms with van der Waals surface area (Å²) in [5.41, 5.74) is 1.11.